The van der Waals surface area contributed by atoms with Crippen LogP contribution < -0.4 is 5.32 Å². The van der Waals surface area contributed by atoms with E-state index in [4.69, 9.17) is 0 Å². The molecule has 0 aromatic carbocycles. The van der Waals surface area contributed by atoms with Gasteiger partial charge in [-0.3, -0.25) is 9.59 Å². The van der Waals surface area contributed by atoms with E-state index in [9.17, 15) is 14.7 Å². The molecule has 0 aromatic heterocycles. The summed E-state index contributed by atoms with van der Waals surface area (Å²) in [6.45, 7) is 0.330. The molecule has 3 aliphatic carbocycles. The minimum absolute atomic E-state index is 0.109. The van der Waals surface area contributed by atoms with Crippen molar-refractivity contribution in [2.45, 2.75) is 44.9 Å². The SMILES string of the molecule is O=C(NCC1(C(=O)O)CCCC1)C1C2CCCC21. The molecule has 0 aliphatic heterocycles. The standard InChI is InChI=1S/C14H21NO3/c16-12(11-9-4-3-5-10(9)11)15-8-14(13(17)18)6-1-2-7-14/h9-11H,1-8H2,(H,15,16)(H,17,18). The summed E-state index contributed by atoms with van der Waals surface area (Å²) >= 11 is 0. The van der Waals surface area contributed by atoms with Crippen LogP contribution in [0.15, 0.2) is 0 Å². The van der Waals surface area contributed by atoms with Crippen molar-refractivity contribution >= 4 is 11.9 Å². The van der Waals surface area contributed by atoms with E-state index in [0.29, 0.717) is 31.2 Å². The minimum Gasteiger partial charge on any atom is -0.481 e. The van der Waals surface area contributed by atoms with Crippen LogP contribution >= 0.6 is 0 Å². The van der Waals surface area contributed by atoms with E-state index in [-0.39, 0.29) is 11.8 Å². The summed E-state index contributed by atoms with van der Waals surface area (Å²) in [4.78, 5) is 23.4. The van der Waals surface area contributed by atoms with Gasteiger partial charge in [0.15, 0.2) is 0 Å². The van der Waals surface area contributed by atoms with E-state index >= 15 is 0 Å². The fraction of sp³-hybridized carbons (Fsp3) is 0.857. The number of hydrogen-bond donors (Lipinski definition) is 2. The molecular weight excluding hydrogens is 230 g/mol. The molecule has 1 amide bonds. The summed E-state index contributed by atoms with van der Waals surface area (Å²) in [6.07, 6.45) is 6.99. The number of carbonyl (C=O) groups excluding carboxylic acids is 1. The molecule has 2 atom stereocenters. The van der Waals surface area contributed by atoms with Gasteiger partial charge in [-0.25, -0.2) is 0 Å². The zero-order chi connectivity index (χ0) is 12.8. The van der Waals surface area contributed by atoms with E-state index in [1.807, 2.05) is 0 Å². The number of carboxylic acid groups (broad SMARTS) is 1. The molecule has 4 heteroatoms. The van der Waals surface area contributed by atoms with Crippen LogP contribution in [-0.4, -0.2) is 23.5 Å². The summed E-state index contributed by atoms with van der Waals surface area (Å²) < 4.78 is 0. The molecule has 0 aromatic rings. The average Bonchev–Trinajstić information content (AvgIpc) is 2.77. The average molecular weight is 251 g/mol. The highest BCUT2D eigenvalue weighted by atomic mass is 16.4. The molecule has 3 rings (SSSR count). The molecule has 4 nitrogen and oxygen atoms in total. The van der Waals surface area contributed by atoms with Gasteiger partial charge < -0.3 is 10.4 Å². The van der Waals surface area contributed by atoms with Crippen molar-refractivity contribution in [3.8, 4) is 0 Å². The molecule has 0 bridgehead atoms. The first-order valence-corrected chi connectivity index (χ1v) is 7.15. The zero-order valence-corrected chi connectivity index (χ0v) is 10.7. The third kappa shape index (κ3) is 1.82. The monoisotopic (exact) mass is 251 g/mol. The van der Waals surface area contributed by atoms with Crippen LogP contribution in [0.2, 0.25) is 0 Å². The smallest absolute Gasteiger partial charge is 0.311 e. The number of carbonyl (C=O) groups is 2. The van der Waals surface area contributed by atoms with Crippen LogP contribution in [0.4, 0.5) is 0 Å². The Kier molecular flexibility index (Phi) is 2.83. The number of hydrogen-bond acceptors (Lipinski definition) is 2. The molecule has 2 unspecified atom stereocenters. The quantitative estimate of drug-likeness (QED) is 0.800. The van der Waals surface area contributed by atoms with Crippen molar-refractivity contribution < 1.29 is 14.7 Å². The van der Waals surface area contributed by atoms with Crippen molar-refractivity contribution in [3.63, 3.8) is 0 Å². The summed E-state index contributed by atoms with van der Waals surface area (Å²) in [5.74, 6) is 0.781. The first-order valence-electron chi connectivity index (χ1n) is 7.15. The Morgan fingerprint density at radius 1 is 1.11 bits per heavy atom. The Labute approximate surface area is 107 Å². The second kappa shape index (κ2) is 4.25. The van der Waals surface area contributed by atoms with Crippen LogP contribution in [0.25, 0.3) is 0 Å². The van der Waals surface area contributed by atoms with Gasteiger partial charge in [-0.15, -0.1) is 0 Å². The number of aliphatic carboxylic acids is 1. The largest absolute Gasteiger partial charge is 0.481 e. The van der Waals surface area contributed by atoms with Gasteiger partial charge in [0.25, 0.3) is 0 Å². The summed E-state index contributed by atoms with van der Waals surface area (Å²) in [6, 6.07) is 0. The normalized spacial score (nSPS) is 36.1. The van der Waals surface area contributed by atoms with Gasteiger partial charge in [0, 0.05) is 12.5 Å². The lowest BCUT2D eigenvalue weighted by molar-refractivity contribution is -0.148. The summed E-state index contributed by atoms with van der Waals surface area (Å²) in [7, 11) is 0. The Balaban J connectivity index is 1.54. The topological polar surface area (TPSA) is 66.4 Å². The lowest BCUT2D eigenvalue weighted by Crippen LogP contribution is -2.42. The maximum atomic E-state index is 12.0. The Morgan fingerprint density at radius 3 is 2.28 bits per heavy atom. The Hall–Kier alpha value is -1.06. The van der Waals surface area contributed by atoms with E-state index in [1.54, 1.807) is 0 Å². The molecule has 3 saturated carbocycles. The van der Waals surface area contributed by atoms with Crippen LogP contribution in [-0.2, 0) is 9.59 Å². The number of rotatable bonds is 4. The van der Waals surface area contributed by atoms with Crippen molar-refractivity contribution in [1.29, 1.82) is 0 Å². The number of amides is 1. The molecule has 3 aliphatic rings. The van der Waals surface area contributed by atoms with Crippen LogP contribution in [0, 0.1) is 23.2 Å². The van der Waals surface area contributed by atoms with Crippen molar-refractivity contribution in [2.75, 3.05) is 6.54 Å². The highest BCUT2D eigenvalue weighted by Crippen LogP contribution is 2.57. The first kappa shape index (κ1) is 12.0. The second-order valence-electron chi connectivity index (χ2n) is 6.29. The van der Waals surface area contributed by atoms with Gasteiger partial charge in [0.1, 0.15) is 0 Å². The number of carboxylic acids is 1. The lowest BCUT2D eigenvalue weighted by Gasteiger charge is -2.24. The lowest BCUT2D eigenvalue weighted by atomic mass is 9.86. The van der Waals surface area contributed by atoms with Gasteiger partial charge in [0.2, 0.25) is 5.91 Å². The molecule has 0 saturated heterocycles. The molecule has 0 radical (unpaired) electrons. The molecular formula is C14H21NO3. The fourth-order valence-corrected chi connectivity index (χ4v) is 4.10. The molecule has 3 fully saturated rings. The molecule has 100 valence electrons. The van der Waals surface area contributed by atoms with Gasteiger partial charge >= 0.3 is 5.97 Å². The van der Waals surface area contributed by atoms with Gasteiger partial charge in [0.05, 0.1) is 5.41 Å². The predicted molar refractivity (Wildman–Crippen MR) is 65.9 cm³/mol. The van der Waals surface area contributed by atoms with E-state index in [1.165, 1.54) is 19.3 Å². The highest BCUT2D eigenvalue weighted by molar-refractivity contribution is 5.83. The molecule has 0 spiro atoms. The van der Waals surface area contributed by atoms with Crippen molar-refractivity contribution in [1.82, 2.24) is 5.32 Å². The third-order valence-electron chi connectivity index (χ3n) is 5.32. The van der Waals surface area contributed by atoms with Gasteiger partial charge in [-0.05, 0) is 37.5 Å². The molecule has 2 N–H and O–H groups in total. The molecule has 18 heavy (non-hydrogen) atoms. The zero-order valence-electron chi connectivity index (χ0n) is 10.7. The second-order valence-corrected chi connectivity index (χ2v) is 6.29. The Bertz CT molecular complexity index is 363. The third-order valence-corrected chi connectivity index (χ3v) is 5.32. The maximum absolute atomic E-state index is 12.0. The van der Waals surface area contributed by atoms with Gasteiger partial charge in [-0.1, -0.05) is 19.3 Å². The van der Waals surface area contributed by atoms with E-state index < -0.39 is 11.4 Å². The van der Waals surface area contributed by atoms with Crippen LogP contribution in [0.3, 0.4) is 0 Å². The van der Waals surface area contributed by atoms with Crippen molar-refractivity contribution in [2.24, 2.45) is 23.2 Å². The number of nitrogens with one attached hydrogen (secondary N) is 1. The fourth-order valence-electron chi connectivity index (χ4n) is 4.10. The maximum Gasteiger partial charge on any atom is 0.311 e. The predicted octanol–water partition coefficient (Wildman–Crippen LogP) is 1.79. The minimum atomic E-state index is -0.740. The summed E-state index contributed by atoms with van der Waals surface area (Å²) in [5, 5.41) is 12.3. The van der Waals surface area contributed by atoms with E-state index in [2.05, 4.69) is 5.32 Å². The van der Waals surface area contributed by atoms with Crippen molar-refractivity contribution in [3.05, 3.63) is 0 Å². The molecule has 0 heterocycles. The summed E-state index contributed by atoms with van der Waals surface area (Å²) in [5.41, 5.74) is -0.681. The van der Waals surface area contributed by atoms with Crippen LogP contribution in [0.1, 0.15) is 44.9 Å². The highest BCUT2D eigenvalue weighted by Gasteiger charge is 2.56. The first-order chi connectivity index (χ1) is 8.64. The van der Waals surface area contributed by atoms with Crippen LogP contribution in [0.5, 0.6) is 0 Å². The van der Waals surface area contributed by atoms with E-state index in [0.717, 1.165) is 12.8 Å². The Morgan fingerprint density at radius 2 is 1.72 bits per heavy atom. The number of fused-ring (bicyclic) bond motifs is 1. The van der Waals surface area contributed by atoms with Gasteiger partial charge in [-0.2, -0.15) is 0 Å².